The number of nitrogens with zero attached hydrogens (tertiary/aromatic N) is 2. The fourth-order valence-corrected chi connectivity index (χ4v) is 5.07. The molecule has 2 heterocycles. The van der Waals surface area contributed by atoms with E-state index >= 15 is 0 Å². The van der Waals surface area contributed by atoms with Crippen LogP contribution < -0.4 is 4.74 Å². The minimum atomic E-state index is -0.586. The van der Waals surface area contributed by atoms with Gasteiger partial charge in [-0.25, -0.2) is 9.78 Å². The van der Waals surface area contributed by atoms with E-state index in [0.717, 1.165) is 5.69 Å². The molecule has 2 fully saturated rings. The molecule has 154 valence electrons. The van der Waals surface area contributed by atoms with Crippen LogP contribution in [0.5, 0.6) is 5.75 Å². The zero-order valence-corrected chi connectivity index (χ0v) is 17.2. The van der Waals surface area contributed by atoms with Crippen LogP contribution in [0.25, 0.3) is 0 Å². The van der Waals surface area contributed by atoms with Crippen molar-refractivity contribution in [2.24, 2.45) is 11.8 Å². The van der Waals surface area contributed by atoms with E-state index in [1.807, 2.05) is 11.8 Å². The van der Waals surface area contributed by atoms with Crippen molar-refractivity contribution in [3.63, 3.8) is 0 Å². The average molecular weight is 416 g/mol. The number of fused-ring (bicyclic) bond motifs is 1. The number of methoxy groups -OCH3 is 1. The molecule has 1 N–H and O–H groups in total. The number of aliphatic hydroxyl groups is 1. The van der Waals surface area contributed by atoms with Crippen LogP contribution in [0.1, 0.15) is 38.6 Å². The minimum absolute atomic E-state index is 0.0322. The number of hydrogen-bond acceptors (Lipinski definition) is 7. The maximum Gasteiger partial charge on any atom is 0.337 e. The first-order valence-corrected chi connectivity index (χ1v) is 10.6. The molecule has 0 bridgehead atoms. The lowest BCUT2D eigenvalue weighted by molar-refractivity contribution is -0.0231. The number of amides is 1. The predicted octanol–water partition coefficient (Wildman–Crippen LogP) is 2.53. The summed E-state index contributed by atoms with van der Waals surface area (Å²) in [5.74, 6) is 0.818. The quantitative estimate of drug-likeness (QED) is 0.771. The number of esters is 1. The van der Waals surface area contributed by atoms with Gasteiger partial charge in [-0.1, -0.05) is 0 Å². The number of benzene rings is 1. The molecule has 29 heavy (non-hydrogen) atoms. The highest BCUT2D eigenvalue weighted by molar-refractivity contribution is 7.11. The highest BCUT2D eigenvalue weighted by Gasteiger charge is 2.44. The molecule has 8 heteroatoms. The summed E-state index contributed by atoms with van der Waals surface area (Å²) in [5, 5.41) is 10.6. The third-order valence-corrected chi connectivity index (χ3v) is 6.79. The van der Waals surface area contributed by atoms with Crippen molar-refractivity contribution >= 4 is 23.2 Å². The number of carbonyl (C=O) groups is 2. The lowest BCUT2D eigenvalue weighted by atomic mass is 9.78. The molecule has 2 aromatic rings. The molecule has 0 radical (unpaired) electrons. The highest BCUT2D eigenvalue weighted by atomic mass is 32.1. The molecule has 1 amide bonds. The lowest BCUT2D eigenvalue weighted by Gasteiger charge is -2.35. The largest absolute Gasteiger partial charge is 0.488 e. The minimum Gasteiger partial charge on any atom is -0.488 e. The Kier molecular flexibility index (Phi) is 5.56. The lowest BCUT2D eigenvalue weighted by Crippen LogP contribution is -2.42. The number of carbonyl (C=O) groups excluding carboxylic acids is 2. The van der Waals surface area contributed by atoms with Gasteiger partial charge in [0.05, 0.1) is 30.0 Å². The second-order valence-electron chi connectivity index (χ2n) is 7.71. The molecule has 7 nitrogen and oxygen atoms in total. The van der Waals surface area contributed by atoms with E-state index in [9.17, 15) is 14.7 Å². The Morgan fingerprint density at radius 1 is 1.17 bits per heavy atom. The van der Waals surface area contributed by atoms with Crippen molar-refractivity contribution < 1.29 is 24.2 Å². The Bertz CT molecular complexity index is 897. The molecule has 4 rings (SSSR count). The summed E-state index contributed by atoms with van der Waals surface area (Å²) in [7, 11) is 1.34. The van der Waals surface area contributed by atoms with E-state index < -0.39 is 12.1 Å². The number of rotatable bonds is 4. The number of hydrogen-bond donors (Lipinski definition) is 1. The van der Waals surface area contributed by atoms with Gasteiger partial charge in [0, 0.05) is 13.1 Å². The van der Waals surface area contributed by atoms with Gasteiger partial charge in [0.1, 0.15) is 16.7 Å². The number of aryl methyl sites for hydroxylation is 1. The molecule has 2 aliphatic rings. The van der Waals surface area contributed by atoms with Crippen LogP contribution in [0.2, 0.25) is 0 Å². The highest BCUT2D eigenvalue weighted by Crippen LogP contribution is 2.38. The van der Waals surface area contributed by atoms with Gasteiger partial charge in [-0.05, 0) is 55.9 Å². The van der Waals surface area contributed by atoms with Crippen molar-refractivity contribution in [2.75, 3.05) is 20.2 Å². The molecule has 0 spiro atoms. The molecule has 1 aromatic heterocycles. The Labute approximate surface area is 173 Å². The van der Waals surface area contributed by atoms with Crippen molar-refractivity contribution in [3.05, 3.63) is 45.9 Å². The van der Waals surface area contributed by atoms with Gasteiger partial charge in [0.15, 0.2) is 0 Å². The molecule has 1 aromatic carbocycles. The van der Waals surface area contributed by atoms with E-state index in [1.54, 1.807) is 29.8 Å². The summed E-state index contributed by atoms with van der Waals surface area (Å²) < 4.78 is 10.7. The van der Waals surface area contributed by atoms with Crippen molar-refractivity contribution in [1.29, 1.82) is 0 Å². The Morgan fingerprint density at radius 3 is 2.48 bits per heavy atom. The van der Waals surface area contributed by atoms with E-state index in [-0.39, 0.29) is 17.9 Å². The Balaban J connectivity index is 1.40. The average Bonchev–Trinajstić information content (AvgIpc) is 3.33. The van der Waals surface area contributed by atoms with Crippen molar-refractivity contribution in [2.45, 2.75) is 32.0 Å². The second kappa shape index (κ2) is 8.12. The number of ether oxygens (including phenoxy) is 2. The van der Waals surface area contributed by atoms with Gasteiger partial charge in [-0.3, -0.25) is 4.79 Å². The molecule has 1 saturated carbocycles. The topological polar surface area (TPSA) is 89.0 Å². The molecule has 4 atom stereocenters. The Morgan fingerprint density at radius 2 is 1.86 bits per heavy atom. The van der Waals surface area contributed by atoms with E-state index in [0.29, 0.717) is 48.0 Å². The van der Waals surface area contributed by atoms with Crippen LogP contribution in [0, 0.1) is 18.8 Å². The number of likely N-dealkylation sites (tertiary alicyclic amines) is 1. The second-order valence-corrected chi connectivity index (χ2v) is 8.56. The van der Waals surface area contributed by atoms with Crippen LogP contribution in [0.15, 0.2) is 29.8 Å². The van der Waals surface area contributed by atoms with E-state index in [2.05, 4.69) is 4.98 Å². The molecule has 0 unspecified atom stereocenters. The zero-order chi connectivity index (χ0) is 20.5. The first kappa shape index (κ1) is 19.8. The summed E-state index contributed by atoms with van der Waals surface area (Å²) in [6.07, 6.45) is 0.383. The summed E-state index contributed by atoms with van der Waals surface area (Å²) in [6, 6.07) is 6.71. The summed E-state index contributed by atoms with van der Waals surface area (Å²) in [6.45, 7) is 3.19. The van der Waals surface area contributed by atoms with E-state index in [4.69, 9.17) is 9.47 Å². The monoisotopic (exact) mass is 416 g/mol. The van der Waals surface area contributed by atoms with Crippen molar-refractivity contribution in [3.8, 4) is 5.75 Å². The van der Waals surface area contributed by atoms with Gasteiger partial charge < -0.3 is 19.5 Å². The van der Waals surface area contributed by atoms with Gasteiger partial charge in [-0.15, -0.1) is 11.3 Å². The summed E-state index contributed by atoms with van der Waals surface area (Å²) in [5.41, 5.74) is 2.92. The third kappa shape index (κ3) is 4.00. The van der Waals surface area contributed by atoms with Crippen LogP contribution in [-0.4, -0.2) is 59.3 Å². The number of thiazole rings is 1. The van der Waals surface area contributed by atoms with Gasteiger partial charge in [0.2, 0.25) is 0 Å². The van der Waals surface area contributed by atoms with Gasteiger partial charge in [0.25, 0.3) is 5.91 Å². The molecule has 1 saturated heterocycles. The maximum atomic E-state index is 12.8. The maximum absolute atomic E-state index is 12.8. The molecule has 1 aliphatic heterocycles. The molecule has 1 aliphatic carbocycles. The predicted molar refractivity (Wildman–Crippen MR) is 107 cm³/mol. The number of aliphatic hydroxyl groups excluding tert-OH is 1. The molecular weight excluding hydrogens is 392 g/mol. The summed E-state index contributed by atoms with van der Waals surface area (Å²) in [4.78, 5) is 31.1. The Hall–Kier alpha value is -2.45. The zero-order valence-electron chi connectivity index (χ0n) is 16.4. The van der Waals surface area contributed by atoms with Gasteiger partial charge >= 0.3 is 5.97 Å². The van der Waals surface area contributed by atoms with Crippen LogP contribution in [0.4, 0.5) is 0 Å². The van der Waals surface area contributed by atoms with Crippen LogP contribution in [0.3, 0.4) is 0 Å². The van der Waals surface area contributed by atoms with E-state index in [1.165, 1.54) is 18.4 Å². The first-order valence-electron chi connectivity index (χ1n) is 9.68. The van der Waals surface area contributed by atoms with Crippen molar-refractivity contribution in [1.82, 2.24) is 9.88 Å². The normalized spacial score (nSPS) is 26.1. The standard InChI is InChI=1S/C21H24N2O5S/c1-12-19(29-11-22-12)20(25)23-9-14-7-17(24)18(8-15(14)10-23)28-16-5-3-13(4-6-16)21(26)27-2/h3-6,11,14-15,17-18,24H,7-10H2,1-2H3/t14-,15+,17+,18+/m0/s1. The fraction of sp³-hybridized carbons (Fsp3) is 0.476. The van der Waals surface area contributed by atoms with Crippen LogP contribution >= 0.6 is 11.3 Å². The number of aromatic nitrogens is 1. The third-order valence-electron chi connectivity index (χ3n) is 5.87. The van der Waals surface area contributed by atoms with Gasteiger partial charge in [-0.2, -0.15) is 0 Å². The summed E-state index contributed by atoms with van der Waals surface area (Å²) >= 11 is 1.38. The molecular formula is C21H24N2O5S. The SMILES string of the molecule is COC(=O)c1ccc(O[C@@H]2C[C@@H]3CN(C(=O)c4scnc4C)C[C@@H]3C[C@H]2O)cc1. The smallest absolute Gasteiger partial charge is 0.337 e. The van der Waals surface area contributed by atoms with Crippen LogP contribution in [-0.2, 0) is 4.74 Å². The first-order chi connectivity index (χ1) is 14.0. The fourth-order valence-electron chi connectivity index (χ4n) is 4.30.